The molecule has 0 aromatic heterocycles. The van der Waals surface area contributed by atoms with Crippen LogP contribution in [0.3, 0.4) is 0 Å². The summed E-state index contributed by atoms with van der Waals surface area (Å²) in [4.78, 5) is 12.8. The second-order valence-corrected chi connectivity index (χ2v) is 5.07. The van der Waals surface area contributed by atoms with Gasteiger partial charge in [-0.1, -0.05) is 6.92 Å². The second-order valence-electron chi connectivity index (χ2n) is 5.07. The van der Waals surface area contributed by atoms with Crippen LogP contribution in [-0.4, -0.2) is 42.6 Å². The van der Waals surface area contributed by atoms with Crippen molar-refractivity contribution in [3.8, 4) is 5.75 Å². The molecule has 0 fully saturated rings. The highest BCUT2D eigenvalue weighted by molar-refractivity contribution is 5.56. The third kappa shape index (κ3) is 5.59. The number of nitrogens with one attached hydrogen (secondary N) is 1. The number of nitro groups is 1. The molecule has 1 aromatic carbocycles. The second kappa shape index (κ2) is 8.46. The van der Waals surface area contributed by atoms with Crippen molar-refractivity contribution < 1.29 is 9.66 Å². The maximum Gasteiger partial charge on any atom is 0.275 e. The molecule has 0 bridgehead atoms. The fraction of sp³-hybridized carbons (Fsp3) is 0.600. The lowest BCUT2D eigenvalue weighted by molar-refractivity contribution is -0.384. The first-order chi connectivity index (χ1) is 9.97. The summed E-state index contributed by atoms with van der Waals surface area (Å²) in [7, 11) is 2.08. The van der Waals surface area contributed by atoms with Crippen molar-refractivity contribution in [3.63, 3.8) is 0 Å². The number of benzene rings is 1. The number of non-ortho nitro benzene ring substituents is 1. The number of rotatable bonds is 9. The lowest BCUT2D eigenvalue weighted by Crippen LogP contribution is -2.32. The van der Waals surface area contributed by atoms with Crippen LogP contribution in [0.1, 0.15) is 27.2 Å². The Balaban J connectivity index is 2.67. The van der Waals surface area contributed by atoms with E-state index in [9.17, 15) is 10.1 Å². The Kier molecular flexibility index (Phi) is 6.94. The molecule has 118 valence electrons. The molecule has 1 rings (SSSR count). The van der Waals surface area contributed by atoms with E-state index in [0.29, 0.717) is 24.1 Å². The van der Waals surface area contributed by atoms with Crippen LogP contribution in [0.4, 0.5) is 11.4 Å². The third-order valence-electron chi connectivity index (χ3n) is 3.55. The van der Waals surface area contributed by atoms with Gasteiger partial charge in [-0.25, -0.2) is 0 Å². The van der Waals surface area contributed by atoms with Gasteiger partial charge in [-0.2, -0.15) is 0 Å². The zero-order valence-electron chi connectivity index (χ0n) is 13.3. The summed E-state index contributed by atoms with van der Waals surface area (Å²) in [6.45, 7) is 8.28. The Morgan fingerprint density at radius 2 is 2.10 bits per heavy atom. The van der Waals surface area contributed by atoms with Crippen LogP contribution in [0.25, 0.3) is 0 Å². The van der Waals surface area contributed by atoms with Crippen LogP contribution in [0.2, 0.25) is 0 Å². The molecule has 0 radical (unpaired) electrons. The van der Waals surface area contributed by atoms with Gasteiger partial charge in [-0.15, -0.1) is 0 Å². The third-order valence-corrected chi connectivity index (χ3v) is 3.55. The summed E-state index contributed by atoms with van der Waals surface area (Å²) in [5.41, 5.74) is 0.754. The van der Waals surface area contributed by atoms with Crippen molar-refractivity contribution in [2.24, 2.45) is 0 Å². The van der Waals surface area contributed by atoms with E-state index in [2.05, 4.69) is 31.1 Å². The van der Waals surface area contributed by atoms with Gasteiger partial charge in [0.2, 0.25) is 0 Å². The minimum atomic E-state index is -0.404. The topological polar surface area (TPSA) is 67.6 Å². The van der Waals surface area contributed by atoms with Crippen LogP contribution < -0.4 is 10.1 Å². The van der Waals surface area contributed by atoms with E-state index in [1.807, 2.05) is 6.92 Å². The van der Waals surface area contributed by atoms with E-state index >= 15 is 0 Å². The Morgan fingerprint density at radius 1 is 1.38 bits per heavy atom. The highest BCUT2D eigenvalue weighted by atomic mass is 16.6. The molecular formula is C15H25N3O3. The van der Waals surface area contributed by atoms with Gasteiger partial charge in [0.15, 0.2) is 0 Å². The molecule has 0 aliphatic carbocycles. The first-order valence-corrected chi connectivity index (χ1v) is 7.34. The number of hydrogen-bond donors (Lipinski definition) is 1. The van der Waals surface area contributed by atoms with Crippen LogP contribution in [0.15, 0.2) is 18.2 Å². The standard InChI is InChI=1S/C15H25N3O3/c1-5-12(3)17(4)8-7-16-13-9-14(18(19)20)11-15(10-13)21-6-2/h9-12,16H,5-8H2,1-4H3. The molecule has 0 saturated heterocycles. The number of nitrogens with zero attached hydrogens (tertiary/aromatic N) is 2. The Morgan fingerprint density at radius 3 is 2.67 bits per heavy atom. The smallest absolute Gasteiger partial charge is 0.275 e. The predicted octanol–water partition coefficient (Wildman–Crippen LogP) is 3.14. The average Bonchev–Trinajstić information content (AvgIpc) is 2.46. The molecule has 0 amide bonds. The van der Waals surface area contributed by atoms with Crippen LogP contribution in [0.5, 0.6) is 5.75 Å². The van der Waals surface area contributed by atoms with Crippen LogP contribution in [0, 0.1) is 10.1 Å². The summed E-state index contributed by atoms with van der Waals surface area (Å²) in [5.74, 6) is 0.518. The molecule has 0 aliphatic heterocycles. The summed E-state index contributed by atoms with van der Waals surface area (Å²) in [5, 5.41) is 14.2. The molecule has 0 aliphatic rings. The molecule has 21 heavy (non-hydrogen) atoms. The molecule has 6 nitrogen and oxygen atoms in total. The zero-order chi connectivity index (χ0) is 15.8. The minimum Gasteiger partial charge on any atom is -0.494 e. The molecule has 1 atom stereocenters. The van der Waals surface area contributed by atoms with Crippen molar-refractivity contribution in [2.45, 2.75) is 33.2 Å². The van der Waals surface area contributed by atoms with Gasteiger partial charge in [0.25, 0.3) is 5.69 Å². The molecule has 0 heterocycles. The van der Waals surface area contributed by atoms with Crippen molar-refractivity contribution in [1.29, 1.82) is 0 Å². The molecule has 0 saturated carbocycles. The van der Waals surface area contributed by atoms with Gasteiger partial charge in [-0.05, 0) is 27.3 Å². The lowest BCUT2D eigenvalue weighted by atomic mass is 10.2. The molecule has 1 N–H and O–H groups in total. The fourth-order valence-electron chi connectivity index (χ4n) is 1.95. The van der Waals surface area contributed by atoms with E-state index in [1.165, 1.54) is 12.1 Å². The molecule has 6 heteroatoms. The summed E-state index contributed by atoms with van der Waals surface area (Å²) in [6.07, 6.45) is 1.10. The molecule has 1 aromatic rings. The maximum atomic E-state index is 10.9. The highest BCUT2D eigenvalue weighted by Gasteiger charge is 2.11. The number of nitro benzene ring substituents is 1. The van der Waals surface area contributed by atoms with Crippen molar-refractivity contribution in [1.82, 2.24) is 4.90 Å². The van der Waals surface area contributed by atoms with E-state index in [-0.39, 0.29) is 5.69 Å². The van der Waals surface area contributed by atoms with Crippen molar-refractivity contribution in [3.05, 3.63) is 28.3 Å². The number of anilines is 1. The van der Waals surface area contributed by atoms with Crippen LogP contribution >= 0.6 is 0 Å². The van der Waals surface area contributed by atoms with Gasteiger partial charge in [0.1, 0.15) is 5.75 Å². The molecule has 1 unspecified atom stereocenters. The minimum absolute atomic E-state index is 0.0405. The fourth-order valence-corrected chi connectivity index (χ4v) is 1.95. The summed E-state index contributed by atoms with van der Waals surface area (Å²) in [6, 6.07) is 5.29. The quantitative estimate of drug-likeness (QED) is 0.560. The number of likely N-dealkylation sites (N-methyl/N-ethyl adjacent to an activating group) is 1. The van der Waals surface area contributed by atoms with Gasteiger partial charge in [-0.3, -0.25) is 10.1 Å². The van der Waals surface area contributed by atoms with E-state index in [0.717, 1.165) is 19.5 Å². The van der Waals surface area contributed by atoms with Gasteiger partial charge >= 0.3 is 0 Å². The maximum absolute atomic E-state index is 10.9. The van der Waals surface area contributed by atoms with Gasteiger partial charge in [0.05, 0.1) is 17.6 Å². The molecule has 0 spiro atoms. The highest BCUT2D eigenvalue weighted by Crippen LogP contribution is 2.25. The Labute approximate surface area is 126 Å². The van der Waals surface area contributed by atoms with E-state index in [4.69, 9.17) is 4.74 Å². The predicted molar refractivity (Wildman–Crippen MR) is 85.1 cm³/mol. The first-order valence-electron chi connectivity index (χ1n) is 7.34. The first kappa shape index (κ1) is 17.2. The number of ether oxygens (including phenoxy) is 1. The largest absolute Gasteiger partial charge is 0.494 e. The van der Waals surface area contributed by atoms with Crippen molar-refractivity contribution >= 4 is 11.4 Å². The zero-order valence-corrected chi connectivity index (χ0v) is 13.3. The normalized spacial score (nSPS) is 12.2. The Hall–Kier alpha value is -1.82. The number of hydrogen-bond acceptors (Lipinski definition) is 5. The summed E-state index contributed by atoms with van der Waals surface area (Å²) >= 11 is 0. The van der Waals surface area contributed by atoms with Gasteiger partial charge < -0.3 is 15.0 Å². The van der Waals surface area contributed by atoms with Gasteiger partial charge in [0, 0.05) is 37.0 Å². The monoisotopic (exact) mass is 295 g/mol. The summed E-state index contributed by atoms with van der Waals surface area (Å²) < 4.78 is 5.37. The average molecular weight is 295 g/mol. The van der Waals surface area contributed by atoms with Crippen LogP contribution in [-0.2, 0) is 0 Å². The Bertz CT molecular complexity index is 465. The van der Waals surface area contributed by atoms with E-state index < -0.39 is 4.92 Å². The SMILES string of the molecule is CCOc1cc(NCCN(C)C(C)CC)cc([N+](=O)[O-])c1. The van der Waals surface area contributed by atoms with Crippen molar-refractivity contribution in [2.75, 3.05) is 32.1 Å². The lowest BCUT2D eigenvalue weighted by Gasteiger charge is -2.23. The molecular weight excluding hydrogens is 270 g/mol. The van der Waals surface area contributed by atoms with E-state index in [1.54, 1.807) is 6.07 Å².